The van der Waals surface area contributed by atoms with Crippen LogP contribution in [0.1, 0.15) is 38.2 Å². The Kier molecular flexibility index (Phi) is 9.28. The Labute approximate surface area is 167 Å². The van der Waals surface area contributed by atoms with Crippen molar-refractivity contribution in [1.82, 2.24) is 15.5 Å². The van der Waals surface area contributed by atoms with E-state index in [0.29, 0.717) is 17.3 Å². The largest absolute Gasteiger partial charge is 0.355 e. The van der Waals surface area contributed by atoms with Gasteiger partial charge in [0, 0.05) is 47.5 Å². The molecule has 0 radical (unpaired) electrons. The molecule has 4 atom stereocenters. The maximum atomic E-state index is 12.2. The average Bonchev–Trinajstić information content (AvgIpc) is 2.70. The molecule has 0 bridgehead atoms. The zero-order chi connectivity index (χ0) is 19.6. The van der Waals surface area contributed by atoms with Crippen molar-refractivity contribution in [2.24, 2.45) is 4.99 Å². The predicted octanol–water partition coefficient (Wildman–Crippen LogP) is 2.40. The molecule has 1 aliphatic rings. The van der Waals surface area contributed by atoms with E-state index in [4.69, 9.17) is 0 Å². The Morgan fingerprint density at radius 3 is 2.67 bits per heavy atom. The number of nitrogens with one attached hydrogen (secondary N) is 2. The lowest BCUT2D eigenvalue weighted by molar-refractivity contribution is 0.289. The highest BCUT2D eigenvalue weighted by atomic mass is 32.2. The lowest BCUT2D eigenvalue weighted by Gasteiger charge is -2.31. The van der Waals surface area contributed by atoms with E-state index in [1.807, 2.05) is 14.0 Å². The van der Waals surface area contributed by atoms with Crippen LogP contribution in [-0.2, 0) is 17.2 Å². The standard InChI is InChI=1S/C21H36N4OS/c1-5-27(26)20-13-9-12-18(15-20)24-21(22-2)23-16-19(25(3)4)14-17-10-7-6-8-11-17/h6-8,10-11,18-20H,5,9,12-16H2,1-4H3,(H2,22,23,24). The zero-order valence-electron chi connectivity index (χ0n) is 17.3. The zero-order valence-corrected chi connectivity index (χ0v) is 18.1. The molecule has 6 heteroatoms. The van der Waals surface area contributed by atoms with Gasteiger partial charge < -0.3 is 15.5 Å². The first-order valence-corrected chi connectivity index (χ1v) is 11.5. The highest BCUT2D eigenvalue weighted by Gasteiger charge is 2.26. The van der Waals surface area contributed by atoms with E-state index in [9.17, 15) is 4.21 Å². The van der Waals surface area contributed by atoms with Crippen LogP contribution >= 0.6 is 0 Å². The van der Waals surface area contributed by atoms with Gasteiger partial charge in [-0.05, 0) is 45.3 Å². The molecule has 1 aliphatic carbocycles. The number of guanidine groups is 1. The quantitative estimate of drug-likeness (QED) is 0.527. The Hall–Kier alpha value is -1.40. The third kappa shape index (κ3) is 7.26. The molecular weight excluding hydrogens is 356 g/mol. The summed E-state index contributed by atoms with van der Waals surface area (Å²) in [5, 5.41) is 7.38. The molecule has 0 saturated heterocycles. The molecule has 152 valence electrons. The molecule has 1 aromatic rings. The fourth-order valence-electron chi connectivity index (χ4n) is 3.68. The van der Waals surface area contributed by atoms with Crippen LogP contribution in [0.5, 0.6) is 0 Å². The van der Waals surface area contributed by atoms with E-state index in [0.717, 1.165) is 50.4 Å². The van der Waals surface area contributed by atoms with E-state index in [1.54, 1.807) is 0 Å². The van der Waals surface area contributed by atoms with Crippen LogP contribution in [0.4, 0.5) is 0 Å². The minimum Gasteiger partial charge on any atom is -0.355 e. The van der Waals surface area contributed by atoms with E-state index in [1.165, 1.54) is 5.56 Å². The molecule has 2 N–H and O–H groups in total. The van der Waals surface area contributed by atoms with Crippen LogP contribution in [-0.4, -0.2) is 65.8 Å². The van der Waals surface area contributed by atoms with Gasteiger partial charge in [-0.15, -0.1) is 0 Å². The summed E-state index contributed by atoms with van der Waals surface area (Å²) in [5.74, 6) is 1.61. The molecular formula is C21H36N4OS. The summed E-state index contributed by atoms with van der Waals surface area (Å²) in [6.45, 7) is 2.85. The van der Waals surface area contributed by atoms with Crippen molar-refractivity contribution in [2.75, 3.05) is 33.4 Å². The van der Waals surface area contributed by atoms with Crippen LogP contribution in [0.3, 0.4) is 0 Å². The summed E-state index contributed by atoms with van der Waals surface area (Å²) in [6, 6.07) is 11.3. The van der Waals surface area contributed by atoms with Gasteiger partial charge in [-0.25, -0.2) is 0 Å². The molecule has 0 amide bonds. The van der Waals surface area contributed by atoms with Gasteiger partial charge in [0.1, 0.15) is 0 Å². The molecule has 5 nitrogen and oxygen atoms in total. The van der Waals surface area contributed by atoms with E-state index < -0.39 is 10.8 Å². The second-order valence-corrected chi connectivity index (χ2v) is 9.57. The number of aliphatic imine (C=N–C) groups is 1. The minimum absolute atomic E-state index is 0.326. The first-order valence-electron chi connectivity index (χ1n) is 10.1. The van der Waals surface area contributed by atoms with Crippen molar-refractivity contribution in [2.45, 2.75) is 56.4 Å². The van der Waals surface area contributed by atoms with Gasteiger partial charge in [0.15, 0.2) is 5.96 Å². The summed E-state index contributed by atoms with van der Waals surface area (Å²) in [5.41, 5.74) is 1.35. The average molecular weight is 393 g/mol. The van der Waals surface area contributed by atoms with Crippen molar-refractivity contribution in [3.05, 3.63) is 35.9 Å². The van der Waals surface area contributed by atoms with Crippen LogP contribution in [0.15, 0.2) is 35.3 Å². The van der Waals surface area contributed by atoms with E-state index in [2.05, 4.69) is 65.0 Å². The number of likely N-dealkylation sites (N-methyl/N-ethyl adjacent to an activating group) is 1. The molecule has 0 heterocycles. The van der Waals surface area contributed by atoms with Crippen LogP contribution in [0, 0.1) is 0 Å². The van der Waals surface area contributed by atoms with Crippen molar-refractivity contribution in [3.63, 3.8) is 0 Å². The normalized spacial score (nSPS) is 23.1. The predicted molar refractivity (Wildman–Crippen MR) is 117 cm³/mol. The summed E-state index contributed by atoms with van der Waals surface area (Å²) in [4.78, 5) is 6.67. The minimum atomic E-state index is -0.698. The molecule has 0 aliphatic heterocycles. The molecule has 27 heavy (non-hydrogen) atoms. The fourth-order valence-corrected chi connectivity index (χ4v) is 5.02. The van der Waals surface area contributed by atoms with Gasteiger partial charge >= 0.3 is 0 Å². The molecule has 0 spiro atoms. The summed E-state index contributed by atoms with van der Waals surface area (Å²) >= 11 is 0. The Bertz CT molecular complexity index is 605. The maximum Gasteiger partial charge on any atom is 0.191 e. The van der Waals surface area contributed by atoms with Crippen LogP contribution < -0.4 is 10.6 Å². The molecule has 1 fully saturated rings. The number of nitrogens with zero attached hydrogens (tertiary/aromatic N) is 2. The van der Waals surface area contributed by atoms with Gasteiger partial charge in [-0.1, -0.05) is 43.7 Å². The second-order valence-electron chi connectivity index (χ2n) is 7.56. The SMILES string of the molecule is CCS(=O)C1CCCC(NC(=NC)NCC(Cc2ccccc2)N(C)C)C1. The number of benzene rings is 1. The highest BCUT2D eigenvalue weighted by molar-refractivity contribution is 7.85. The van der Waals surface area contributed by atoms with E-state index >= 15 is 0 Å². The molecule has 4 unspecified atom stereocenters. The van der Waals surface area contributed by atoms with Crippen molar-refractivity contribution in [1.29, 1.82) is 0 Å². The Morgan fingerprint density at radius 1 is 1.30 bits per heavy atom. The number of hydrogen-bond donors (Lipinski definition) is 2. The second kappa shape index (κ2) is 11.4. The van der Waals surface area contributed by atoms with Crippen molar-refractivity contribution < 1.29 is 4.21 Å². The molecule has 1 saturated carbocycles. The van der Waals surface area contributed by atoms with Gasteiger partial charge in [0.05, 0.1) is 0 Å². The Balaban J connectivity index is 1.87. The summed E-state index contributed by atoms with van der Waals surface area (Å²) < 4.78 is 12.2. The monoisotopic (exact) mass is 392 g/mol. The van der Waals surface area contributed by atoms with Gasteiger partial charge in [-0.3, -0.25) is 9.20 Å². The van der Waals surface area contributed by atoms with Gasteiger partial charge in [0.25, 0.3) is 0 Å². The Morgan fingerprint density at radius 2 is 2.04 bits per heavy atom. The molecule has 2 rings (SSSR count). The van der Waals surface area contributed by atoms with Gasteiger partial charge in [-0.2, -0.15) is 0 Å². The number of hydrogen-bond acceptors (Lipinski definition) is 3. The first kappa shape index (κ1) is 21.9. The highest BCUT2D eigenvalue weighted by Crippen LogP contribution is 2.23. The first-order chi connectivity index (χ1) is 13.0. The summed E-state index contributed by atoms with van der Waals surface area (Å²) in [6.07, 6.45) is 5.32. The smallest absolute Gasteiger partial charge is 0.191 e. The van der Waals surface area contributed by atoms with Crippen LogP contribution in [0.2, 0.25) is 0 Å². The topological polar surface area (TPSA) is 56.7 Å². The van der Waals surface area contributed by atoms with Crippen molar-refractivity contribution >= 4 is 16.8 Å². The fraction of sp³-hybridized carbons (Fsp3) is 0.667. The van der Waals surface area contributed by atoms with Gasteiger partial charge in [0.2, 0.25) is 0 Å². The molecule has 1 aromatic carbocycles. The summed E-state index contributed by atoms with van der Waals surface area (Å²) in [7, 11) is 5.37. The maximum absolute atomic E-state index is 12.2. The van der Waals surface area contributed by atoms with Crippen LogP contribution in [0.25, 0.3) is 0 Å². The third-order valence-corrected chi connectivity index (χ3v) is 7.14. The lowest BCUT2D eigenvalue weighted by atomic mass is 9.95. The van der Waals surface area contributed by atoms with E-state index in [-0.39, 0.29) is 0 Å². The third-order valence-electron chi connectivity index (χ3n) is 5.40. The molecule has 0 aromatic heterocycles. The lowest BCUT2D eigenvalue weighted by Crippen LogP contribution is -2.50. The number of rotatable bonds is 8. The van der Waals surface area contributed by atoms with Crippen molar-refractivity contribution in [3.8, 4) is 0 Å².